The number of para-hydroxylation sites is 1. The highest BCUT2D eigenvalue weighted by atomic mass is 16.6. The molecule has 9 nitrogen and oxygen atoms in total. The summed E-state index contributed by atoms with van der Waals surface area (Å²) in [6, 6.07) is 16.7. The van der Waals surface area contributed by atoms with Crippen molar-refractivity contribution in [2.24, 2.45) is 7.05 Å². The number of aryl methyl sites for hydroxylation is 3. The minimum Gasteiger partial charge on any atom is -0.492 e. The largest absolute Gasteiger partial charge is 0.492 e. The number of nitrogens with zero attached hydrogens (tertiary/aromatic N) is 4. The fourth-order valence-corrected chi connectivity index (χ4v) is 4.53. The van der Waals surface area contributed by atoms with Crippen LogP contribution in [-0.2, 0) is 42.4 Å². The monoisotopic (exact) mass is 532 g/mol. The number of ether oxygens (including phenoxy) is 3. The summed E-state index contributed by atoms with van der Waals surface area (Å²) < 4.78 is 20.4. The highest BCUT2D eigenvalue weighted by Crippen LogP contribution is 2.19. The van der Waals surface area contributed by atoms with Crippen LogP contribution in [0.5, 0.6) is 11.5 Å². The van der Waals surface area contributed by atoms with Gasteiger partial charge in [-0.2, -0.15) is 5.10 Å². The first-order valence-corrected chi connectivity index (χ1v) is 13.5. The second kappa shape index (κ2) is 13.1. The van der Waals surface area contributed by atoms with E-state index >= 15 is 0 Å². The zero-order chi connectivity index (χ0) is 27.8. The summed E-state index contributed by atoms with van der Waals surface area (Å²) in [7, 11) is 1.79. The molecule has 0 aliphatic heterocycles. The molecule has 0 saturated carbocycles. The molecule has 1 unspecified atom stereocenters. The van der Waals surface area contributed by atoms with Gasteiger partial charge in [0, 0.05) is 19.9 Å². The lowest BCUT2D eigenvalue weighted by molar-refractivity contribution is -0.151. The summed E-state index contributed by atoms with van der Waals surface area (Å²) in [5.74, 6) is 1.60. The predicted molar refractivity (Wildman–Crippen MR) is 149 cm³/mol. The molecule has 0 bridgehead atoms. The van der Waals surface area contributed by atoms with Crippen molar-refractivity contribution in [3.8, 4) is 11.5 Å². The van der Waals surface area contributed by atoms with Gasteiger partial charge in [0.25, 0.3) is 5.56 Å². The lowest BCUT2D eigenvalue weighted by Crippen LogP contribution is -2.31. The third-order valence-corrected chi connectivity index (χ3v) is 6.39. The molecule has 0 radical (unpaired) electrons. The molecule has 0 saturated heterocycles. The number of benzene rings is 2. The molecule has 2 heterocycles. The molecule has 2 aromatic carbocycles. The van der Waals surface area contributed by atoms with E-state index in [2.05, 4.69) is 12.0 Å². The molecular weight excluding hydrogens is 496 g/mol. The van der Waals surface area contributed by atoms with Gasteiger partial charge in [-0.25, -0.2) is 9.78 Å². The van der Waals surface area contributed by atoms with E-state index in [-0.39, 0.29) is 12.2 Å². The van der Waals surface area contributed by atoms with Gasteiger partial charge in [0.05, 0.1) is 18.8 Å². The fraction of sp³-hybridized carbons (Fsp3) is 0.400. The number of fused-ring (bicyclic) bond motifs is 1. The Hall–Kier alpha value is -4.14. The number of hydrogen-bond donors (Lipinski definition) is 0. The van der Waals surface area contributed by atoms with Crippen LogP contribution in [0.1, 0.15) is 44.3 Å². The molecule has 2 aromatic heterocycles. The van der Waals surface area contributed by atoms with Crippen LogP contribution >= 0.6 is 0 Å². The molecular formula is C30H36N4O5. The number of hydrogen-bond acceptors (Lipinski definition) is 7. The second-order valence-electron chi connectivity index (χ2n) is 9.22. The van der Waals surface area contributed by atoms with Crippen molar-refractivity contribution in [3.63, 3.8) is 0 Å². The summed E-state index contributed by atoms with van der Waals surface area (Å²) in [4.78, 5) is 30.6. The Bertz CT molecular complexity index is 1440. The SMILES string of the molecule is CCCc1nn(C)c2c(=O)n(CCOc3ccc(CC(Oc4ccccc4)C(=O)OCC)cc3)c(CC)nc12. The standard InChI is InChI=1S/C30H36N4O5/c1-5-11-24-27-28(33(4)32-24)29(35)34(26(6-2)31-27)18-19-38-22-16-14-21(15-17-22)20-25(30(36)37-7-3)39-23-12-9-8-10-13-23/h8-10,12-17,25H,5-7,11,18-20H2,1-4H3. The minimum absolute atomic E-state index is 0.100. The maximum atomic E-state index is 13.3. The molecule has 0 aliphatic carbocycles. The van der Waals surface area contributed by atoms with E-state index < -0.39 is 12.1 Å². The maximum Gasteiger partial charge on any atom is 0.347 e. The van der Waals surface area contributed by atoms with E-state index in [1.165, 1.54) is 0 Å². The Balaban J connectivity index is 1.42. The van der Waals surface area contributed by atoms with Gasteiger partial charge in [-0.15, -0.1) is 0 Å². The van der Waals surface area contributed by atoms with Crippen LogP contribution in [0, 0.1) is 0 Å². The maximum absolute atomic E-state index is 13.3. The minimum atomic E-state index is -0.759. The van der Waals surface area contributed by atoms with Gasteiger partial charge in [-0.1, -0.05) is 50.6 Å². The molecule has 0 aliphatic rings. The van der Waals surface area contributed by atoms with E-state index in [0.717, 1.165) is 29.9 Å². The number of carbonyl (C=O) groups excluding carboxylic acids is 1. The van der Waals surface area contributed by atoms with Gasteiger partial charge in [0.15, 0.2) is 11.6 Å². The highest BCUT2D eigenvalue weighted by Gasteiger charge is 2.23. The molecule has 0 amide bonds. The van der Waals surface area contributed by atoms with Gasteiger partial charge >= 0.3 is 5.97 Å². The Morgan fingerprint density at radius 2 is 1.74 bits per heavy atom. The molecule has 0 spiro atoms. The van der Waals surface area contributed by atoms with Crippen molar-refractivity contribution in [3.05, 3.63) is 82.0 Å². The van der Waals surface area contributed by atoms with Crippen LogP contribution in [0.3, 0.4) is 0 Å². The Kier molecular flexibility index (Phi) is 9.35. The van der Waals surface area contributed by atoms with Gasteiger partial charge < -0.3 is 14.2 Å². The second-order valence-corrected chi connectivity index (χ2v) is 9.22. The van der Waals surface area contributed by atoms with E-state index in [1.807, 2.05) is 61.5 Å². The first-order valence-electron chi connectivity index (χ1n) is 13.5. The molecule has 9 heteroatoms. The van der Waals surface area contributed by atoms with Crippen molar-refractivity contribution >= 4 is 17.0 Å². The topological polar surface area (TPSA) is 97.5 Å². The number of carbonyl (C=O) groups is 1. The van der Waals surface area contributed by atoms with E-state index in [1.54, 1.807) is 23.2 Å². The quantitative estimate of drug-likeness (QED) is 0.237. The zero-order valence-corrected chi connectivity index (χ0v) is 23.1. The Morgan fingerprint density at radius 1 is 1.00 bits per heavy atom. The zero-order valence-electron chi connectivity index (χ0n) is 23.1. The predicted octanol–water partition coefficient (Wildman–Crippen LogP) is 4.28. The molecule has 0 fully saturated rings. The van der Waals surface area contributed by atoms with Gasteiger partial charge in [0.2, 0.25) is 0 Å². The Morgan fingerprint density at radius 3 is 2.41 bits per heavy atom. The van der Waals surface area contributed by atoms with Gasteiger partial charge in [-0.3, -0.25) is 14.0 Å². The fourth-order valence-electron chi connectivity index (χ4n) is 4.53. The number of esters is 1. The smallest absolute Gasteiger partial charge is 0.347 e. The van der Waals surface area contributed by atoms with Gasteiger partial charge in [-0.05, 0) is 43.2 Å². The third kappa shape index (κ3) is 6.66. The summed E-state index contributed by atoms with van der Waals surface area (Å²) in [6.45, 7) is 6.81. The van der Waals surface area contributed by atoms with Crippen LogP contribution < -0.4 is 15.0 Å². The van der Waals surface area contributed by atoms with Crippen molar-refractivity contribution < 1.29 is 19.0 Å². The normalized spacial score (nSPS) is 11.9. The van der Waals surface area contributed by atoms with Gasteiger partial charge in [0.1, 0.15) is 29.4 Å². The molecule has 206 valence electrons. The van der Waals surface area contributed by atoms with Crippen molar-refractivity contribution in [2.45, 2.75) is 59.1 Å². The summed E-state index contributed by atoms with van der Waals surface area (Å²) in [5.41, 5.74) is 2.90. The van der Waals surface area contributed by atoms with Crippen LogP contribution in [-0.4, -0.2) is 44.6 Å². The van der Waals surface area contributed by atoms with Crippen LogP contribution in [0.2, 0.25) is 0 Å². The summed E-state index contributed by atoms with van der Waals surface area (Å²) in [5, 5.41) is 4.53. The summed E-state index contributed by atoms with van der Waals surface area (Å²) in [6.07, 6.45) is 1.96. The lowest BCUT2D eigenvalue weighted by atomic mass is 10.1. The number of rotatable bonds is 13. The van der Waals surface area contributed by atoms with Crippen LogP contribution in [0.25, 0.3) is 11.0 Å². The first kappa shape index (κ1) is 27.9. The van der Waals surface area contributed by atoms with Crippen molar-refractivity contribution in [1.82, 2.24) is 19.3 Å². The van der Waals surface area contributed by atoms with Crippen LogP contribution in [0.15, 0.2) is 59.4 Å². The molecule has 0 N–H and O–H groups in total. The average Bonchev–Trinajstić information content (AvgIpc) is 3.26. The molecule has 39 heavy (non-hydrogen) atoms. The first-order chi connectivity index (χ1) is 18.9. The number of aromatic nitrogens is 4. The Labute approximate surface area is 228 Å². The lowest BCUT2D eigenvalue weighted by Gasteiger charge is -2.18. The average molecular weight is 533 g/mol. The van der Waals surface area contributed by atoms with E-state index in [0.29, 0.717) is 48.5 Å². The van der Waals surface area contributed by atoms with Crippen LogP contribution in [0.4, 0.5) is 0 Å². The van der Waals surface area contributed by atoms with Crippen molar-refractivity contribution in [2.75, 3.05) is 13.2 Å². The third-order valence-electron chi connectivity index (χ3n) is 6.39. The van der Waals surface area contributed by atoms with E-state index in [4.69, 9.17) is 19.2 Å². The molecule has 4 aromatic rings. The molecule has 4 rings (SSSR count). The summed E-state index contributed by atoms with van der Waals surface area (Å²) >= 11 is 0. The van der Waals surface area contributed by atoms with Crippen molar-refractivity contribution in [1.29, 1.82) is 0 Å². The molecule has 1 atom stereocenters. The van der Waals surface area contributed by atoms with E-state index in [9.17, 15) is 9.59 Å². The highest BCUT2D eigenvalue weighted by molar-refractivity contribution is 5.77.